The van der Waals surface area contributed by atoms with Crippen molar-refractivity contribution in [3.63, 3.8) is 0 Å². The summed E-state index contributed by atoms with van der Waals surface area (Å²) in [6.07, 6.45) is 10.8. The summed E-state index contributed by atoms with van der Waals surface area (Å²) in [6.45, 7) is 2.45. The summed E-state index contributed by atoms with van der Waals surface area (Å²) < 4.78 is 17.5. The average molecular weight is 370 g/mol. The van der Waals surface area contributed by atoms with Gasteiger partial charge in [-0.15, -0.1) is 12.3 Å². The van der Waals surface area contributed by atoms with Crippen molar-refractivity contribution in [1.82, 2.24) is 0 Å². The van der Waals surface area contributed by atoms with Crippen LogP contribution in [0.5, 0.6) is 0 Å². The number of fused-ring (bicyclic) bond motifs is 1. The van der Waals surface area contributed by atoms with E-state index in [-0.39, 0.29) is 48.5 Å². The van der Waals surface area contributed by atoms with E-state index >= 15 is 0 Å². The molecule has 0 aromatic carbocycles. The molecule has 7 aliphatic rings. The lowest BCUT2D eigenvalue weighted by Crippen LogP contribution is -2.84. The number of hydrogen-bond donors (Lipinski definition) is 0. The maximum absolute atomic E-state index is 13.8. The van der Waals surface area contributed by atoms with Gasteiger partial charge in [-0.2, -0.15) is 0 Å². The number of hydrogen-bond acceptors (Lipinski definition) is 6. The Kier molecular flexibility index (Phi) is 3.29. The van der Waals surface area contributed by atoms with Gasteiger partial charge in [0.25, 0.3) is 0 Å². The second kappa shape index (κ2) is 5.23. The van der Waals surface area contributed by atoms with E-state index in [1.807, 2.05) is 6.08 Å². The van der Waals surface area contributed by atoms with Gasteiger partial charge in [0.05, 0.1) is 31.0 Å². The van der Waals surface area contributed by atoms with Crippen molar-refractivity contribution in [2.75, 3.05) is 13.2 Å². The van der Waals surface area contributed by atoms with Crippen LogP contribution < -0.4 is 0 Å². The van der Waals surface area contributed by atoms with Crippen molar-refractivity contribution < 1.29 is 28.6 Å². The molecule has 0 aromatic rings. The van der Waals surface area contributed by atoms with Crippen molar-refractivity contribution in [3.8, 4) is 12.3 Å². The first kappa shape index (κ1) is 17.0. The lowest BCUT2D eigenvalue weighted by Gasteiger charge is -2.70. The van der Waals surface area contributed by atoms with Crippen LogP contribution in [0.2, 0.25) is 0 Å². The van der Waals surface area contributed by atoms with Crippen LogP contribution in [0.15, 0.2) is 12.2 Å². The molecule has 5 fully saturated rings. The number of Topliss-reactive ketones (excluding diaryl/α,β-unsaturated/α-hetero) is 1. The van der Waals surface area contributed by atoms with Crippen molar-refractivity contribution in [1.29, 1.82) is 0 Å². The number of allylic oxidation sites excluding steroid dienone is 1. The molecule has 142 valence electrons. The number of esters is 2. The predicted molar refractivity (Wildman–Crippen MR) is 92.0 cm³/mol. The molecule has 3 heterocycles. The smallest absolute Gasteiger partial charge is 0.313 e. The first-order valence-corrected chi connectivity index (χ1v) is 9.68. The highest BCUT2D eigenvalue weighted by Crippen LogP contribution is 2.72. The molecule has 6 nitrogen and oxygen atoms in total. The minimum absolute atomic E-state index is 0.0133. The highest BCUT2D eigenvalue weighted by atomic mass is 16.6. The first-order valence-electron chi connectivity index (χ1n) is 9.68. The Morgan fingerprint density at radius 3 is 3.00 bits per heavy atom. The van der Waals surface area contributed by atoms with E-state index in [4.69, 9.17) is 20.6 Å². The van der Waals surface area contributed by atoms with Crippen molar-refractivity contribution in [3.05, 3.63) is 12.2 Å². The predicted octanol–water partition coefficient (Wildman–Crippen LogP) is 1.42. The standard InChI is InChI=1S/C21H22O6/c1-3-5-7-19(18(24)25-4-2)13-6-8-20-15(19)9-12(11-26-20)14-10-16(22)27-21(14,20)17(13)23/h1,6,8,12-15H,4-5,7,9-11H2,2H3/t12?,13?,14-,15?,19?,20?,21?/m1/s1. The Labute approximate surface area is 157 Å². The van der Waals surface area contributed by atoms with Gasteiger partial charge in [0.1, 0.15) is 5.60 Å². The molecule has 2 saturated carbocycles. The van der Waals surface area contributed by atoms with Gasteiger partial charge in [-0.3, -0.25) is 14.4 Å². The quantitative estimate of drug-likeness (QED) is 0.423. The van der Waals surface area contributed by atoms with E-state index in [9.17, 15) is 14.4 Å². The zero-order chi connectivity index (χ0) is 19.0. The number of terminal acetylenes is 1. The number of carbonyl (C=O) groups excluding carboxylic acids is 3. The van der Waals surface area contributed by atoms with E-state index in [2.05, 4.69) is 5.92 Å². The zero-order valence-corrected chi connectivity index (χ0v) is 15.2. The Hall–Kier alpha value is -2.13. The van der Waals surface area contributed by atoms with E-state index in [0.717, 1.165) is 0 Å². The van der Waals surface area contributed by atoms with Crippen LogP contribution >= 0.6 is 0 Å². The van der Waals surface area contributed by atoms with Crippen LogP contribution in [0, 0.1) is 41.4 Å². The van der Waals surface area contributed by atoms with Gasteiger partial charge < -0.3 is 14.2 Å². The van der Waals surface area contributed by atoms with Gasteiger partial charge in [0, 0.05) is 18.3 Å². The van der Waals surface area contributed by atoms with Gasteiger partial charge in [-0.25, -0.2) is 0 Å². The highest BCUT2D eigenvalue weighted by molar-refractivity contribution is 6.04. The van der Waals surface area contributed by atoms with Gasteiger partial charge in [0.15, 0.2) is 5.78 Å². The van der Waals surface area contributed by atoms with Crippen molar-refractivity contribution in [2.45, 2.75) is 43.8 Å². The van der Waals surface area contributed by atoms with E-state index in [0.29, 0.717) is 25.9 Å². The lowest BCUT2D eigenvalue weighted by atomic mass is 9.37. The van der Waals surface area contributed by atoms with Gasteiger partial charge in [0.2, 0.25) is 5.60 Å². The molecule has 0 aromatic heterocycles. The van der Waals surface area contributed by atoms with Gasteiger partial charge in [-0.05, 0) is 25.7 Å². The molecule has 6 unspecified atom stereocenters. The number of ketones is 1. The fraction of sp³-hybridized carbons (Fsp3) is 0.667. The SMILES string of the molecule is C#CCCC1(C(=O)OCC)C2C=CC34OCC(CC13)[C@H]1CC(=O)OC14C2=O. The minimum atomic E-state index is -1.29. The topological polar surface area (TPSA) is 78.9 Å². The molecule has 2 spiro atoms. The molecular formula is C21H22O6. The van der Waals surface area contributed by atoms with E-state index < -0.39 is 22.5 Å². The minimum Gasteiger partial charge on any atom is -0.466 e. The van der Waals surface area contributed by atoms with Crippen LogP contribution in [0.4, 0.5) is 0 Å². The fourth-order valence-electron chi connectivity index (χ4n) is 6.76. The van der Waals surface area contributed by atoms with Crippen LogP contribution in [-0.4, -0.2) is 42.1 Å². The molecule has 27 heavy (non-hydrogen) atoms. The third-order valence-corrected chi connectivity index (χ3v) is 7.63. The maximum Gasteiger partial charge on any atom is 0.313 e. The number of ether oxygens (including phenoxy) is 3. The van der Waals surface area contributed by atoms with Crippen molar-refractivity contribution in [2.24, 2.45) is 29.1 Å². The van der Waals surface area contributed by atoms with Crippen LogP contribution in [0.1, 0.15) is 32.6 Å². The third-order valence-electron chi connectivity index (χ3n) is 7.63. The molecule has 0 radical (unpaired) electrons. The summed E-state index contributed by atoms with van der Waals surface area (Å²) in [5.74, 6) is 0.500. The van der Waals surface area contributed by atoms with Crippen LogP contribution in [0.25, 0.3) is 0 Å². The summed E-state index contributed by atoms with van der Waals surface area (Å²) in [5.41, 5.74) is -3.44. The molecular weight excluding hydrogens is 348 g/mol. The highest BCUT2D eigenvalue weighted by Gasteiger charge is 2.85. The number of rotatable bonds is 4. The van der Waals surface area contributed by atoms with Crippen molar-refractivity contribution >= 4 is 17.7 Å². The molecule has 3 aliphatic heterocycles. The Morgan fingerprint density at radius 1 is 1.44 bits per heavy atom. The molecule has 0 amide bonds. The summed E-state index contributed by atoms with van der Waals surface area (Å²) in [7, 11) is 0. The number of carbonyl (C=O) groups is 3. The van der Waals surface area contributed by atoms with E-state index in [1.165, 1.54) is 0 Å². The summed E-state index contributed by atoms with van der Waals surface area (Å²) in [5, 5.41) is 0. The Bertz CT molecular complexity index is 823. The maximum atomic E-state index is 13.8. The van der Waals surface area contributed by atoms with Crippen LogP contribution in [-0.2, 0) is 28.6 Å². The van der Waals surface area contributed by atoms with Gasteiger partial charge >= 0.3 is 11.9 Å². The van der Waals surface area contributed by atoms with Gasteiger partial charge in [-0.1, -0.05) is 12.2 Å². The Morgan fingerprint density at radius 2 is 2.26 bits per heavy atom. The molecule has 0 N–H and O–H groups in total. The van der Waals surface area contributed by atoms with Crippen LogP contribution in [0.3, 0.4) is 0 Å². The summed E-state index contributed by atoms with van der Waals surface area (Å²) in [4.78, 5) is 39.2. The third kappa shape index (κ3) is 1.62. The summed E-state index contributed by atoms with van der Waals surface area (Å²) >= 11 is 0. The monoisotopic (exact) mass is 370 g/mol. The molecule has 4 aliphatic carbocycles. The normalized spacial score (nSPS) is 48.1. The first-order chi connectivity index (χ1) is 13.0. The molecule has 3 saturated heterocycles. The molecule has 7 atom stereocenters. The van der Waals surface area contributed by atoms with E-state index in [1.54, 1.807) is 13.0 Å². The second-order valence-corrected chi connectivity index (χ2v) is 8.34. The molecule has 5 bridgehead atoms. The largest absolute Gasteiger partial charge is 0.466 e. The Balaban J connectivity index is 1.73. The zero-order valence-electron chi connectivity index (χ0n) is 15.2. The fourth-order valence-corrected chi connectivity index (χ4v) is 6.76. The molecule has 7 rings (SSSR count). The lowest BCUT2D eigenvalue weighted by molar-refractivity contribution is -0.310. The molecule has 6 heteroatoms. The second-order valence-electron chi connectivity index (χ2n) is 8.34. The average Bonchev–Trinajstić information content (AvgIpc) is 3.04. The summed E-state index contributed by atoms with van der Waals surface area (Å²) in [6, 6.07) is 0.